The average molecular weight is 222 g/mol. The Morgan fingerprint density at radius 1 is 1.29 bits per heavy atom. The van der Waals surface area contributed by atoms with Gasteiger partial charge in [0.05, 0.1) is 0 Å². The lowest BCUT2D eigenvalue weighted by Crippen LogP contribution is -2.16. The van der Waals surface area contributed by atoms with Gasteiger partial charge in [0.1, 0.15) is 11.6 Å². The van der Waals surface area contributed by atoms with E-state index in [4.69, 9.17) is 5.73 Å². The molecular formula is C10H14ClF2N. The van der Waals surface area contributed by atoms with Gasteiger partial charge in [0.15, 0.2) is 0 Å². The molecule has 0 fully saturated rings. The second kappa shape index (κ2) is 5.94. The first-order chi connectivity index (χ1) is 6.11. The van der Waals surface area contributed by atoms with Crippen LogP contribution in [-0.2, 0) is 6.42 Å². The molecule has 0 heterocycles. The van der Waals surface area contributed by atoms with Crippen LogP contribution in [0.5, 0.6) is 0 Å². The lowest BCUT2D eigenvalue weighted by Gasteiger charge is -2.06. The van der Waals surface area contributed by atoms with Gasteiger partial charge < -0.3 is 5.73 Å². The molecule has 1 aromatic rings. The summed E-state index contributed by atoms with van der Waals surface area (Å²) >= 11 is 0. The monoisotopic (exact) mass is 221 g/mol. The van der Waals surface area contributed by atoms with E-state index in [1.165, 1.54) is 18.2 Å². The molecule has 2 N–H and O–H groups in total. The molecule has 0 bridgehead atoms. The molecule has 0 spiro atoms. The second-order valence-corrected chi connectivity index (χ2v) is 3.22. The van der Waals surface area contributed by atoms with Crippen molar-refractivity contribution in [1.82, 2.24) is 0 Å². The van der Waals surface area contributed by atoms with Gasteiger partial charge in [0, 0.05) is 11.6 Å². The van der Waals surface area contributed by atoms with Crippen molar-refractivity contribution in [2.45, 2.75) is 25.8 Å². The summed E-state index contributed by atoms with van der Waals surface area (Å²) in [6.07, 6.45) is 0.952. The van der Waals surface area contributed by atoms with E-state index in [2.05, 4.69) is 0 Å². The van der Waals surface area contributed by atoms with Crippen LogP contribution in [0.15, 0.2) is 18.2 Å². The summed E-state index contributed by atoms with van der Waals surface area (Å²) < 4.78 is 26.0. The van der Waals surface area contributed by atoms with E-state index < -0.39 is 11.6 Å². The van der Waals surface area contributed by atoms with Crippen LogP contribution < -0.4 is 5.73 Å². The molecule has 1 atom stereocenters. The smallest absolute Gasteiger partial charge is 0.129 e. The summed E-state index contributed by atoms with van der Waals surface area (Å²) in [5.74, 6) is -0.971. The maximum Gasteiger partial charge on any atom is 0.129 e. The number of hydrogen-bond acceptors (Lipinski definition) is 1. The minimum absolute atomic E-state index is 0. The Kier molecular flexibility index (Phi) is 5.65. The largest absolute Gasteiger partial charge is 0.328 e. The molecule has 0 aromatic heterocycles. The van der Waals surface area contributed by atoms with Crippen LogP contribution in [0.2, 0.25) is 0 Å². The first-order valence-corrected chi connectivity index (χ1v) is 4.29. The van der Waals surface area contributed by atoms with Crippen LogP contribution >= 0.6 is 12.4 Å². The highest BCUT2D eigenvalue weighted by molar-refractivity contribution is 5.85. The van der Waals surface area contributed by atoms with E-state index in [1.807, 2.05) is 6.92 Å². The van der Waals surface area contributed by atoms with Gasteiger partial charge in [-0.2, -0.15) is 0 Å². The third-order valence-electron chi connectivity index (χ3n) is 1.91. The topological polar surface area (TPSA) is 26.0 Å². The molecule has 14 heavy (non-hydrogen) atoms. The number of benzene rings is 1. The van der Waals surface area contributed by atoms with E-state index in [9.17, 15) is 8.78 Å². The number of halogens is 3. The molecule has 1 aromatic carbocycles. The fourth-order valence-corrected chi connectivity index (χ4v) is 1.14. The van der Waals surface area contributed by atoms with Crippen LogP contribution in [0.25, 0.3) is 0 Å². The Hall–Kier alpha value is -0.670. The van der Waals surface area contributed by atoms with Crippen molar-refractivity contribution in [3.8, 4) is 0 Å². The minimum atomic E-state index is -0.486. The van der Waals surface area contributed by atoms with Gasteiger partial charge >= 0.3 is 0 Å². The molecule has 0 aliphatic carbocycles. The summed E-state index contributed by atoms with van der Waals surface area (Å²) in [6, 6.07) is 3.86. The van der Waals surface area contributed by atoms with Crippen molar-refractivity contribution < 1.29 is 8.78 Å². The first kappa shape index (κ1) is 13.3. The quantitative estimate of drug-likeness (QED) is 0.835. The van der Waals surface area contributed by atoms with Crippen molar-refractivity contribution in [3.05, 3.63) is 35.4 Å². The van der Waals surface area contributed by atoms with Crippen LogP contribution in [0.3, 0.4) is 0 Å². The molecular weight excluding hydrogens is 208 g/mol. The minimum Gasteiger partial charge on any atom is -0.328 e. The number of hydrogen-bond donors (Lipinski definition) is 1. The maximum absolute atomic E-state index is 13.0. The van der Waals surface area contributed by atoms with E-state index in [1.54, 1.807) is 0 Å². The van der Waals surface area contributed by atoms with E-state index in [-0.39, 0.29) is 24.0 Å². The normalized spacial score (nSPS) is 12.0. The zero-order valence-electron chi connectivity index (χ0n) is 7.97. The molecule has 80 valence electrons. The summed E-state index contributed by atoms with van der Waals surface area (Å²) in [7, 11) is 0. The highest BCUT2D eigenvalue weighted by Gasteiger charge is 2.08. The van der Waals surface area contributed by atoms with Crippen LogP contribution in [0.4, 0.5) is 8.78 Å². The van der Waals surface area contributed by atoms with Gasteiger partial charge in [0.2, 0.25) is 0 Å². The van der Waals surface area contributed by atoms with Crippen LogP contribution in [-0.4, -0.2) is 6.04 Å². The van der Waals surface area contributed by atoms with Gasteiger partial charge in [-0.15, -0.1) is 12.4 Å². The van der Waals surface area contributed by atoms with Crippen molar-refractivity contribution in [2.24, 2.45) is 5.73 Å². The van der Waals surface area contributed by atoms with Crippen LogP contribution in [0, 0.1) is 11.6 Å². The van der Waals surface area contributed by atoms with Crippen molar-refractivity contribution in [1.29, 1.82) is 0 Å². The van der Waals surface area contributed by atoms with Crippen LogP contribution in [0.1, 0.15) is 18.9 Å². The first-order valence-electron chi connectivity index (χ1n) is 4.29. The molecule has 0 saturated heterocycles. The van der Waals surface area contributed by atoms with E-state index in [0.717, 1.165) is 0 Å². The van der Waals surface area contributed by atoms with Crippen molar-refractivity contribution in [3.63, 3.8) is 0 Å². The summed E-state index contributed by atoms with van der Waals surface area (Å²) in [5, 5.41) is 0. The summed E-state index contributed by atoms with van der Waals surface area (Å²) in [6.45, 7) is 1.82. The number of nitrogens with two attached hydrogens (primary N) is 1. The predicted octanol–water partition coefficient (Wildman–Crippen LogP) is 2.67. The molecule has 0 saturated carbocycles. The molecule has 1 unspecified atom stereocenters. The van der Waals surface area contributed by atoms with Gasteiger partial charge in [0.25, 0.3) is 0 Å². The highest BCUT2D eigenvalue weighted by Crippen LogP contribution is 2.14. The van der Waals surface area contributed by atoms with E-state index in [0.29, 0.717) is 12.8 Å². The molecule has 0 amide bonds. The van der Waals surface area contributed by atoms with Gasteiger partial charge in [-0.1, -0.05) is 6.07 Å². The Labute approximate surface area is 88.7 Å². The lowest BCUT2D eigenvalue weighted by atomic mass is 10.1. The second-order valence-electron chi connectivity index (χ2n) is 3.22. The Morgan fingerprint density at radius 3 is 2.21 bits per heavy atom. The van der Waals surface area contributed by atoms with Gasteiger partial charge in [-0.05, 0) is 31.9 Å². The molecule has 0 aliphatic heterocycles. The fourth-order valence-electron chi connectivity index (χ4n) is 1.14. The van der Waals surface area contributed by atoms with Gasteiger partial charge in [-0.3, -0.25) is 0 Å². The maximum atomic E-state index is 13.0. The SMILES string of the molecule is CC(N)CCc1c(F)cccc1F.Cl. The predicted molar refractivity (Wildman–Crippen MR) is 55.6 cm³/mol. The average Bonchev–Trinajstić information content (AvgIpc) is 2.03. The molecule has 1 nitrogen and oxygen atoms in total. The third kappa shape index (κ3) is 3.60. The molecule has 0 radical (unpaired) electrons. The highest BCUT2D eigenvalue weighted by atomic mass is 35.5. The standard InChI is InChI=1S/C10H13F2N.ClH/c1-7(13)5-6-8-9(11)3-2-4-10(8)12;/h2-4,7H,5-6,13H2,1H3;1H. The van der Waals surface area contributed by atoms with Gasteiger partial charge in [-0.25, -0.2) is 8.78 Å². The molecule has 4 heteroatoms. The fraction of sp³-hybridized carbons (Fsp3) is 0.400. The van der Waals surface area contributed by atoms with Crippen molar-refractivity contribution >= 4 is 12.4 Å². The zero-order valence-corrected chi connectivity index (χ0v) is 8.78. The number of rotatable bonds is 3. The Morgan fingerprint density at radius 2 is 1.79 bits per heavy atom. The third-order valence-corrected chi connectivity index (χ3v) is 1.91. The zero-order chi connectivity index (χ0) is 9.84. The lowest BCUT2D eigenvalue weighted by molar-refractivity contribution is 0.540. The Bertz CT molecular complexity index is 269. The Balaban J connectivity index is 0.00000169. The molecule has 0 aliphatic rings. The van der Waals surface area contributed by atoms with Crippen molar-refractivity contribution in [2.75, 3.05) is 0 Å². The molecule has 1 rings (SSSR count). The van der Waals surface area contributed by atoms with E-state index >= 15 is 0 Å². The summed E-state index contributed by atoms with van der Waals surface area (Å²) in [4.78, 5) is 0. The summed E-state index contributed by atoms with van der Waals surface area (Å²) in [5.41, 5.74) is 5.63.